The molecule has 2 N–H and O–H groups in total. The standard InChI is InChI=1S/C6H12N2/c1-2-4-8-6-5-7-3-1/h1-2,7-8H,3-6H2. The maximum atomic E-state index is 3.24. The minimum Gasteiger partial charge on any atom is -0.312 e. The van der Waals surface area contributed by atoms with Gasteiger partial charge in [-0.2, -0.15) is 0 Å². The topological polar surface area (TPSA) is 24.1 Å². The Kier molecular flexibility index (Phi) is 2.63. The quantitative estimate of drug-likeness (QED) is 0.422. The zero-order chi connectivity index (χ0) is 5.66. The molecule has 0 amide bonds. The smallest absolute Gasteiger partial charge is 0.0135 e. The van der Waals surface area contributed by atoms with Gasteiger partial charge in [0.15, 0.2) is 0 Å². The Bertz CT molecular complexity index is 68.6. The fraction of sp³-hybridized carbons (Fsp3) is 0.667. The average molecular weight is 112 g/mol. The van der Waals surface area contributed by atoms with E-state index in [4.69, 9.17) is 0 Å². The van der Waals surface area contributed by atoms with Gasteiger partial charge in [0.25, 0.3) is 0 Å². The molecule has 1 aliphatic heterocycles. The molecular weight excluding hydrogens is 100 g/mol. The monoisotopic (exact) mass is 112 g/mol. The Morgan fingerprint density at radius 3 is 1.88 bits per heavy atom. The highest BCUT2D eigenvalue weighted by Gasteiger charge is 1.86. The van der Waals surface area contributed by atoms with Crippen LogP contribution in [-0.2, 0) is 0 Å². The second-order valence-electron chi connectivity index (χ2n) is 1.88. The highest BCUT2D eigenvalue weighted by molar-refractivity contribution is 4.87. The molecule has 0 bridgehead atoms. The molecule has 0 aliphatic carbocycles. The lowest BCUT2D eigenvalue weighted by Crippen LogP contribution is -2.29. The van der Waals surface area contributed by atoms with Gasteiger partial charge in [-0.25, -0.2) is 0 Å². The molecule has 1 aliphatic rings. The van der Waals surface area contributed by atoms with Gasteiger partial charge in [-0.15, -0.1) is 0 Å². The highest BCUT2D eigenvalue weighted by atomic mass is 14.9. The molecule has 8 heavy (non-hydrogen) atoms. The van der Waals surface area contributed by atoms with Crippen LogP contribution in [0, 0.1) is 0 Å². The molecule has 2 heteroatoms. The van der Waals surface area contributed by atoms with Crippen molar-refractivity contribution in [3.8, 4) is 0 Å². The third kappa shape index (κ3) is 2.09. The van der Waals surface area contributed by atoms with E-state index in [0.717, 1.165) is 26.2 Å². The van der Waals surface area contributed by atoms with Gasteiger partial charge < -0.3 is 10.6 Å². The van der Waals surface area contributed by atoms with E-state index in [1.165, 1.54) is 0 Å². The van der Waals surface area contributed by atoms with Gasteiger partial charge in [0.2, 0.25) is 0 Å². The molecule has 0 radical (unpaired) electrons. The van der Waals surface area contributed by atoms with Crippen LogP contribution in [0.3, 0.4) is 0 Å². The molecule has 2 nitrogen and oxygen atoms in total. The predicted octanol–water partition coefficient (Wildman–Crippen LogP) is -0.265. The molecule has 0 saturated carbocycles. The SMILES string of the molecule is C1=CCNCCNC1. The highest BCUT2D eigenvalue weighted by Crippen LogP contribution is 1.72. The van der Waals surface area contributed by atoms with Crippen molar-refractivity contribution >= 4 is 0 Å². The van der Waals surface area contributed by atoms with Gasteiger partial charge in [-0.1, -0.05) is 12.2 Å². The van der Waals surface area contributed by atoms with E-state index < -0.39 is 0 Å². The van der Waals surface area contributed by atoms with E-state index in [1.807, 2.05) is 0 Å². The summed E-state index contributed by atoms with van der Waals surface area (Å²) in [6.45, 7) is 4.23. The summed E-state index contributed by atoms with van der Waals surface area (Å²) in [5.41, 5.74) is 0. The average Bonchev–Trinajstić information content (AvgIpc) is 1.62. The summed E-state index contributed by atoms with van der Waals surface area (Å²) in [6.07, 6.45) is 4.29. The Balaban J connectivity index is 2.17. The van der Waals surface area contributed by atoms with E-state index in [-0.39, 0.29) is 0 Å². The Morgan fingerprint density at radius 1 is 0.875 bits per heavy atom. The summed E-state index contributed by atoms with van der Waals surface area (Å²) in [4.78, 5) is 0. The molecule has 1 rings (SSSR count). The second-order valence-corrected chi connectivity index (χ2v) is 1.88. The Hall–Kier alpha value is -0.340. The first kappa shape index (κ1) is 5.79. The number of hydrogen-bond donors (Lipinski definition) is 2. The molecule has 1 heterocycles. The van der Waals surface area contributed by atoms with E-state index in [2.05, 4.69) is 22.8 Å². The fourth-order valence-corrected chi connectivity index (χ4v) is 0.714. The first-order valence-electron chi connectivity index (χ1n) is 3.06. The molecule has 0 fully saturated rings. The molecule has 46 valence electrons. The summed E-state index contributed by atoms with van der Waals surface area (Å²) in [5, 5.41) is 6.48. The molecular formula is C6H12N2. The lowest BCUT2D eigenvalue weighted by molar-refractivity contribution is 0.654. The van der Waals surface area contributed by atoms with Crippen molar-refractivity contribution in [1.29, 1.82) is 0 Å². The van der Waals surface area contributed by atoms with Crippen LogP contribution in [0.4, 0.5) is 0 Å². The second kappa shape index (κ2) is 3.64. The lowest BCUT2D eigenvalue weighted by Gasteiger charge is -2.05. The zero-order valence-corrected chi connectivity index (χ0v) is 4.98. The van der Waals surface area contributed by atoms with Crippen molar-refractivity contribution in [2.75, 3.05) is 26.2 Å². The van der Waals surface area contributed by atoms with Crippen molar-refractivity contribution in [2.45, 2.75) is 0 Å². The molecule has 0 aromatic rings. The maximum absolute atomic E-state index is 3.24. The largest absolute Gasteiger partial charge is 0.312 e. The van der Waals surface area contributed by atoms with Crippen LogP contribution in [-0.4, -0.2) is 26.2 Å². The minimum atomic E-state index is 1.03. The van der Waals surface area contributed by atoms with Crippen molar-refractivity contribution in [1.82, 2.24) is 10.6 Å². The first-order valence-corrected chi connectivity index (χ1v) is 3.06. The summed E-state index contributed by atoms with van der Waals surface area (Å²) in [5.74, 6) is 0. The van der Waals surface area contributed by atoms with Gasteiger partial charge in [-0.05, 0) is 0 Å². The van der Waals surface area contributed by atoms with E-state index in [1.54, 1.807) is 0 Å². The van der Waals surface area contributed by atoms with Crippen LogP contribution in [0.15, 0.2) is 12.2 Å². The van der Waals surface area contributed by atoms with Crippen molar-refractivity contribution < 1.29 is 0 Å². The van der Waals surface area contributed by atoms with E-state index in [0.29, 0.717) is 0 Å². The van der Waals surface area contributed by atoms with Gasteiger partial charge in [0.05, 0.1) is 0 Å². The van der Waals surface area contributed by atoms with Crippen LogP contribution in [0.5, 0.6) is 0 Å². The molecule has 0 spiro atoms. The normalized spacial score (nSPS) is 22.0. The summed E-state index contributed by atoms with van der Waals surface area (Å²) in [6, 6.07) is 0. The third-order valence-electron chi connectivity index (χ3n) is 1.17. The van der Waals surface area contributed by atoms with E-state index in [9.17, 15) is 0 Å². The van der Waals surface area contributed by atoms with Gasteiger partial charge in [-0.3, -0.25) is 0 Å². The summed E-state index contributed by atoms with van der Waals surface area (Å²) < 4.78 is 0. The number of nitrogens with one attached hydrogen (secondary N) is 2. The van der Waals surface area contributed by atoms with E-state index >= 15 is 0 Å². The van der Waals surface area contributed by atoms with Gasteiger partial charge >= 0.3 is 0 Å². The molecule has 0 unspecified atom stereocenters. The van der Waals surface area contributed by atoms with Crippen molar-refractivity contribution in [3.63, 3.8) is 0 Å². The zero-order valence-electron chi connectivity index (χ0n) is 4.98. The van der Waals surface area contributed by atoms with Crippen LogP contribution >= 0.6 is 0 Å². The fourth-order valence-electron chi connectivity index (χ4n) is 0.714. The molecule has 0 aromatic carbocycles. The number of hydrogen-bond acceptors (Lipinski definition) is 2. The van der Waals surface area contributed by atoms with Crippen molar-refractivity contribution in [3.05, 3.63) is 12.2 Å². The molecule has 0 saturated heterocycles. The number of rotatable bonds is 0. The van der Waals surface area contributed by atoms with Crippen molar-refractivity contribution in [2.24, 2.45) is 0 Å². The Morgan fingerprint density at radius 2 is 1.38 bits per heavy atom. The van der Waals surface area contributed by atoms with Gasteiger partial charge in [0, 0.05) is 26.2 Å². The molecule has 0 aromatic heterocycles. The molecule has 0 atom stereocenters. The maximum Gasteiger partial charge on any atom is 0.0135 e. The summed E-state index contributed by atoms with van der Waals surface area (Å²) >= 11 is 0. The van der Waals surface area contributed by atoms with Crippen LogP contribution in [0.1, 0.15) is 0 Å². The lowest BCUT2D eigenvalue weighted by atomic mass is 10.4. The van der Waals surface area contributed by atoms with Crippen LogP contribution < -0.4 is 10.6 Å². The predicted molar refractivity (Wildman–Crippen MR) is 34.9 cm³/mol. The van der Waals surface area contributed by atoms with Crippen LogP contribution in [0.25, 0.3) is 0 Å². The first-order chi connectivity index (χ1) is 4.00. The third-order valence-corrected chi connectivity index (χ3v) is 1.17. The van der Waals surface area contributed by atoms with Crippen LogP contribution in [0.2, 0.25) is 0 Å². The summed E-state index contributed by atoms with van der Waals surface area (Å²) in [7, 11) is 0. The minimum absolute atomic E-state index is 1.03. The Labute approximate surface area is 50.0 Å². The van der Waals surface area contributed by atoms with Gasteiger partial charge in [0.1, 0.15) is 0 Å².